The molecule has 1 aliphatic rings. The molecule has 6 heteroatoms. The Morgan fingerprint density at radius 3 is 2.61 bits per heavy atom. The predicted octanol–water partition coefficient (Wildman–Crippen LogP) is 4.71. The minimum atomic E-state index is 0. The number of halogens is 1. The number of hydrogen-bond acceptors (Lipinski definition) is 3. The first-order chi connectivity index (χ1) is 13.0. The van der Waals surface area contributed by atoms with E-state index in [0.717, 1.165) is 43.5 Å². The fraction of sp³-hybridized carbons (Fsp3) is 0.545. The van der Waals surface area contributed by atoms with Crippen LogP contribution in [0.3, 0.4) is 0 Å². The molecule has 0 spiro atoms. The molecule has 3 atom stereocenters. The third-order valence-corrected chi connectivity index (χ3v) is 5.79. The number of aromatic nitrogens is 1. The molecule has 1 aliphatic heterocycles. The maximum absolute atomic E-state index is 5.32. The second kappa shape index (κ2) is 10.3. The smallest absolute Gasteiger partial charge is 0.193 e. The summed E-state index contributed by atoms with van der Waals surface area (Å²) in [6, 6.07) is 10.9. The van der Waals surface area contributed by atoms with Crippen LogP contribution >= 0.6 is 24.0 Å². The molecule has 28 heavy (non-hydrogen) atoms. The first-order valence-electron chi connectivity index (χ1n) is 9.94. The number of guanidine groups is 1. The SMILES string of the molecule is CN=C(NCC(C)c1c(C)noc1C)N1CCC(c2ccccc2)C(C)C1.I. The van der Waals surface area contributed by atoms with Gasteiger partial charge in [0.05, 0.1) is 5.69 Å². The lowest BCUT2D eigenvalue weighted by Crippen LogP contribution is -2.48. The Labute approximate surface area is 186 Å². The molecule has 0 aliphatic carbocycles. The molecule has 3 rings (SSSR count). The van der Waals surface area contributed by atoms with Gasteiger partial charge in [0.1, 0.15) is 5.76 Å². The van der Waals surface area contributed by atoms with Crippen LogP contribution in [-0.2, 0) is 0 Å². The van der Waals surface area contributed by atoms with E-state index in [1.165, 1.54) is 11.1 Å². The van der Waals surface area contributed by atoms with E-state index in [2.05, 4.69) is 64.5 Å². The first kappa shape index (κ1) is 22.7. The van der Waals surface area contributed by atoms with E-state index in [1.54, 1.807) is 0 Å². The van der Waals surface area contributed by atoms with Crippen molar-refractivity contribution >= 4 is 29.9 Å². The second-order valence-electron chi connectivity index (χ2n) is 7.80. The van der Waals surface area contributed by atoms with E-state index < -0.39 is 0 Å². The minimum absolute atomic E-state index is 0. The van der Waals surface area contributed by atoms with Gasteiger partial charge in [-0.1, -0.05) is 49.3 Å². The van der Waals surface area contributed by atoms with Gasteiger partial charge in [-0.05, 0) is 37.7 Å². The molecule has 1 N–H and O–H groups in total. The summed E-state index contributed by atoms with van der Waals surface area (Å²) < 4.78 is 5.32. The molecule has 1 aromatic heterocycles. The standard InChI is InChI=1S/C22H32N4O.HI/c1-15(21-17(3)25-27-18(21)4)13-24-22(23-5)26-12-11-20(16(2)14-26)19-9-7-6-8-10-19;/h6-10,15-16,20H,11-14H2,1-5H3,(H,23,24);1H. The topological polar surface area (TPSA) is 53.7 Å². The Kier molecular flexibility index (Phi) is 8.34. The average Bonchev–Trinajstić information content (AvgIpc) is 3.01. The van der Waals surface area contributed by atoms with Gasteiger partial charge in [0.25, 0.3) is 0 Å². The van der Waals surface area contributed by atoms with Crippen molar-refractivity contribution in [2.24, 2.45) is 10.9 Å². The Hall–Kier alpha value is -1.57. The molecule has 0 amide bonds. The zero-order valence-corrected chi connectivity index (χ0v) is 19.9. The Balaban J connectivity index is 0.00000280. The number of likely N-dealkylation sites (tertiary alicyclic amines) is 1. The summed E-state index contributed by atoms with van der Waals surface area (Å²) in [4.78, 5) is 6.93. The number of aliphatic imine (C=N–C) groups is 1. The van der Waals surface area contributed by atoms with E-state index in [9.17, 15) is 0 Å². The quantitative estimate of drug-likeness (QED) is 0.379. The lowest BCUT2D eigenvalue weighted by Gasteiger charge is -2.39. The third-order valence-electron chi connectivity index (χ3n) is 5.79. The summed E-state index contributed by atoms with van der Waals surface area (Å²) in [5.41, 5.74) is 3.64. The van der Waals surface area contributed by atoms with Crippen LogP contribution in [-0.4, -0.2) is 42.7 Å². The summed E-state index contributed by atoms with van der Waals surface area (Å²) in [6.07, 6.45) is 1.16. The van der Waals surface area contributed by atoms with Gasteiger partial charge in [-0.15, -0.1) is 24.0 Å². The normalized spacial score (nSPS) is 21.2. The van der Waals surface area contributed by atoms with Crippen LogP contribution in [0.15, 0.2) is 39.8 Å². The molecule has 1 fully saturated rings. The van der Waals surface area contributed by atoms with Crippen molar-refractivity contribution in [1.29, 1.82) is 0 Å². The van der Waals surface area contributed by atoms with Gasteiger partial charge in [0.2, 0.25) is 0 Å². The van der Waals surface area contributed by atoms with E-state index in [0.29, 0.717) is 17.8 Å². The molecular weight excluding hydrogens is 463 g/mol. The molecule has 1 aromatic carbocycles. The highest BCUT2D eigenvalue weighted by Crippen LogP contribution is 2.32. The van der Waals surface area contributed by atoms with Gasteiger partial charge >= 0.3 is 0 Å². The molecule has 0 saturated carbocycles. The number of benzene rings is 1. The zero-order chi connectivity index (χ0) is 19.4. The fourth-order valence-corrected chi connectivity index (χ4v) is 4.41. The zero-order valence-electron chi connectivity index (χ0n) is 17.6. The minimum Gasteiger partial charge on any atom is -0.361 e. The average molecular weight is 496 g/mol. The molecule has 2 aromatic rings. The predicted molar refractivity (Wildman–Crippen MR) is 126 cm³/mol. The summed E-state index contributed by atoms with van der Waals surface area (Å²) in [5, 5.41) is 7.64. The number of piperidine rings is 1. The van der Waals surface area contributed by atoms with Crippen molar-refractivity contribution in [3.8, 4) is 0 Å². The molecule has 1 saturated heterocycles. The lowest BCUT2D eigenvalue weighted by atomic mass is 9.82. The second-order valence-corrected chi connectivity index (χ2v) is 7.80. The molecular formula is C22H33IN4O. The maximum Gasteiger partial charge on any atom is 0.193 e. The highest BCUT2D eigenvalue weighted by Gasteiger charge is 2.29. The van der Waals surface area contributed by atoms with Crippen LogP contribution in [0.5, 0.6) is 0 Å². The summed E-state index contributed by atoms with van der Waals surface area (Å²) in [6.45, 7) is 11.4. The largest absolute Gasteiger partial charge is 0.361 e. The highest BCUT2D eigenvalue weighted by atomic mass is 127. The Bertz CT molecular complexity index is 755. The van der Waals surface area contributed by atoms with Gasteiger partial charge in [-0.25, -0.2) is 0 Å². The number of nitrogens with one attached hydrogen (secondary N) is 1. The van der Waals surface area contributed by atoms with Crippen molar-refractivity contribution in [3.63, 3.8) is 0 Å². The molecule has 154 valence electrons. The van der Waals surface area contributed by atoms with Crippen molar-refractivity contribution in [1.82, 2.24) is 15.4 Å². The maximum atomic E-state index is 5.32. The van der Waals surface area contributed by atoms with Gasteiger partial charge < -0.3 is 14.7 Å². The van der Waals surface area contributed by atoms with Crippen LogP contribution in [0.1, 0.15) is 54.7 Å². The van der Waals surface area contributed by atoms with Gasteiger partial charge in [-0.3, -0.25) is 4.99 Å². The number of hydrogen-bond donors (Lipinski definition) is 1. The van der Waals surface area contributed by atoms with Crippen molar-refractivity contribution in [2.75, 3.05) is 26.7 Å². The monoisotopic (exact) mass is 496 g/mol. The molecule has 2 heterocycles. The van der Waals surface area contributed by atoms with Crippen LogP contribution < -0.4 is 5.32 Å². The number of rotatable bonds is 4. The van der Waals surface area contributed by atoms with Crippen molar-refractivity contribution in [3.05, 3.63) is 52.9 Å². The molecule has 0 bridgehead atoms. The summed E-state index contributed by atoms with van der Waals surface area (Å²) in [5.74, 6) is 3.45. The highest BCUT2D eigenvalue weighted by molar-refractivity contribution is 14.0. The van der Waals surface area contributed by atoms with Crippen molar-refractivity contribution < 1.29 is 4.52 Å². The lowest BCUT2D eigenvalue weighted by molar-refractivity contribution is 0.234. The van der Waals surface area contributed by atoms with Crippen LogP contribution in [0, 0.1) is 19.8 Å². The van der Waals surface area contributed by atoms with Gasteiger partial charge in [-0.2, -0.15) is 0 Å². The Morgan fingerprint density at radius 2 is 2.04 bits per heavy atom. The van der Waals surface area contributed by atoms with Crippen LogP contribution in [0.25, 0.3) is 0 Å². The summed E-state index contributed by atoms with van der Waals surface area (Å²) >= 11 is 0. The molecule has 5 nitrogen and oxygen atoms in total. The van der Waals surface area contributed by atoms with Crippen LogP contribution in [0.2, 0.25) is 0 Å². The third kappa shape index (κ3) is 5.07. The van der Waals surface area contributed by atoms with Crippen molar-refractivity contribution in [2.45, 2.75) is 46.0 Å². The van der Waals surface area contributed by atoms with Crippen LogP contribution in [0.4, 0.5) is 0 Å². The van der Waals surface area contributed by atoms with Gasteiger partial charge in [0.15, 0.2) is 5.96 Å². The van der Waals surface area contributed by atoms with E-state index >= 15 is 0 Å². The molecule has 3 unspecified atom stereocenters. The number of aryl methyl sites for hydroxylation is 2. The number of nitrogens with zero attached hydrogens (tertiary/aromatic N) is 3. The summed E-state index contributed by atoms with van der Waals surface area (Å²) in [7, 11) is 1.87. The van der Waals surface area contributed by atoms with E-state index in [1.807, 2.05) is 20.9 Å². The Morgan fingerprint density at radius 1 is 1.32 bits per heavy atom. The van der Waals surface area contributed by atoms with E-state index in [4.69, 9.17) is 4.52 Å². The fourth-order valence-electron chi connectivity index (χ4n) is 4.41. The first-order valence-corrected chi connectivity index (χ1v) is 9.94. The van der Waals surface area contributed by atoms with E-state index in [-0.39, 0.29) is 24.0 Å². The molecule has 0 radical (unpaired) electrons. The van der Waals surface area contributed by atoms with Gasteiger partial charge in [0, 0.05) is 38.2 Å².